The first kappa shape index (κ1) is 28.9. The number of hydrogen-bond donors (Lipinski definition) is 5. The highest BCUT2D eigenvalue weighted by Gasteiger charge is 2.48. The van der Waals surface area contributed by atoms with Crippen LogP contribution in [0.25, 0.3) is 0 Å². The number of nitrogens with zero attached hydrogens (tertiary/aromatic N) is 1. The van der Waals surface area contributed by atoms with Gasteiger partial charge in [-0.2, -0.15) is 0 Å². The lowest BCUT2D eigenvalue weighted by Crippen LogP contribution is -2.52. The van der Waals surface area contributed by atoms with Crippen LogP contribution in [-0.4, -0.2) is 48.5 Å². The summed E-state index contributed by atoms with van der Waals surface area (Å²) in [5.74, 6) is 0.192. The number of nitrogens with two attached hydrogens (primary N) is 1. The average Bonchev–Trinajstić information content (AvgIpc) is 3.83. The molecule has 11 heteroatoms. The molecule has 1 aromatic rings. The van der Waals surface area contributed by atoms with Gasteiger partial charge in [-0.25, -0.2) is 4.79 Å². The van der Waals surface area contributed by atoms with Crippen molar-refractivity contribution in [2.45, 2.75) is 51.3 Å². The van der Waals surface area contributed by atoms with Gasteiger partial charge in [0.1, 0.15) is 17.8 Å². The van der Waals surface area contributed by atoms with Crippen LogP contribution in [0, 0.1) is 28.6 Å². The Labute approximate surface area is 227 Å². The van der Waals surface area contributed by atoms with Crippen LogP contribution in [0.4, 0.5) is 4.79 Å². The minimum atomic E-state index is -0.784. The Morgan fingerprint density at radius 2 is 1.82 bits per heavy atom. The first-order valence-electron chi connectivity index (χ1n) is 12.5. The lowest BCUT2D eigenvalue weighted by atomic mass is 9.88. The number of alkyl carbamates (subject to hydrolysis) is 1. The topological polar surface area (TPSA) is 163 Å². The number of allylic oxidation sites excluding steroid dienone is 2. The summed E-state index contributed by atoms with van der Waals surface area (Å²) in [4.78, 5) is 30.5. The first-order chi connectivity index (χ1) is 18.2. The lowest BCUT2D eigenvalue weighted by molar-refractivity contribution is -0.124. The highest BCUT2D eigenvalue weighted by atomic mass is 35.5. The van der Waals surface area contributed by atoms with Crippen LogP contribution in [0.2, 0.25) is 0 Å². The standard InChI is InChI=1S/C27H35ClN6O4/c1-16(21(12-22(28)30)25(31)37-2)32-14-20(13-29)33-26(35)24(23(18-8-9-18)19-10-11-19)34-27(36)38-15-17-6-4-3-5-7-17/h3-7,12-14,16,18-19,23-24,30-31H,8-11,15,29H2,1-2H3,(H,33,35)(H,34,36)/b20-13?,21-12-,30-22?,31-25?,32-14?. The molecule has 2 aliphatic carbocycles. The van der Waals surface area contributed by atoms with E-state index < -0.39 is 24.1 Å². The normalized spacial score (nSPS) is 17.6. The molecule has 2 unspecified atom stereocenters. The second-order valence-corrected chi connectivity index (χ2v) is 9.89. The van der Waals surface area contributed by atoms with Crippen molar-refractivity contribution in [2.75, 3.05) is 7.11 Å². The predicted molar refractivity (Wildman–Crippen MR) is 147 cm³/mol. The van der Waals surface area contributed by atoms with E-state index in [0.29, 0.717) is 11.8 Å². The first-order valence-corrected chi connectivity index (χ1v) is 12.9. The van der Waals surface area contributed by atoms with Crippen molar-refractivity contribution < 1.29 is 19.1 Å². The summed E-state index contributed by atoms with van der Waals surface area (Å²) in [6.07, 6.45) is 7.30. The minimum absolute atomic E-state index is 0.0145. The Morgan fingerprint density at radius 3 is 2.34 bits per heavy atom. The fraction of sp³-hybridized carbons (Fsp3) is 0.444. The van der Waals surface area contributed by atoms with E-state index in [4.69, 9.17) is 37.6 Å². The molecule has 0 bridgehead atoms. The summed E-state index contributed by atoms with van der Waals surface area (Å²) in [6.45, 7) is 1.79. The van der Waals surface area contributed by atoms with Crippen LogP contribution in [0.5, 0.6) is 0 Å². The smallest absolute Gasteiger partial charge is 0.408 e. The monoisotopic (exact) mass is 542 g/mol. The van der Waals surface area contributed by atoms with E-state index in [9.17, 15) is 9.59 Å². The number of carbonyl (C=O) groups is 2. The maximum absolute atomic E-state index is 13.5. The van der Waals surface area contributed by atoms with Crippen LogP contribution in [0.1, 0.15) is 38.2 Å². The Morgan fingerprint density at radius 1 is 1.18 bits per heavy atom. The van der Waals surface area contributed by atoms with Crippen LogP contribution >= 0.6 is 11.6 Å². The highest BCUT2D eigenvalue weighted by molar-refractivity contribution is 6.67. The quantitative estimate of drug-likeness (QED) is 0.188. The molecule has 2 aliphatic rings. The van der Waals surface area contributed by atoms with Gasteiger partial charge in [0.15, 0.2) is 0 Å². The number of rotatable bonds is 13. The Kier molecular flexibility index (Phi) is 10.5. The maximum atomic E-state index is 13.5. The van der Waals surface area contributed by atoms with Gasteiger partial charge in [-0.3, -0.25) is 20.6 Å². The van der Waals surface area contributed by atoms with E-state index in [-0.39, 0.29) is 34.9 Å². The molecule has 0 radical (unpaired) electrons. The fourth-order valence-electron chi connectivity index (χ4n) is 4.36. The molecule has 2 fully saturated rings. The molecule has 0 aliphatic heterocycles. The Bertz CT molecular complexity index is 1100. The molecule has 0 heterocycles. The second kappa shape index (κ2) is 13.8. The van der Waals surface area contributed by atoms with Crippen molar-refractivity contribution >= 4 is 40.9 Å². The summed E-state index contributed by atoms with van der Waals surface area (Å²) in [5, 5.41) is 20.7. The number of amides is 2. The van der Waals surface area contributed by atoms with Gasteiger partial charge in [-0.05, 0) is 62.0 Å². The summed E-state index contributed by atoms with van der Waals surface area (Å²) < 4.78 is 10.4. The van der Waals surface area contributed by atoms with Gasteiger partial charge in [0, 0.05) is 18.0 Å². The summed E-state index contributed by atoms with van der Waals surface area (Å²) >= 11 is 5.67. The molecule has 2 saturated carbocycles. The molecule has 2 atom stereocenters. The van der Waals surface area contributed by atoms with Gasteiger partial charge in [0.2, 0.25) is 11.8 Å². The lowest BCUT2D eigenvalue weighted by Gasteiger charge is -2.27. The molecule has 0 saturated heterocycles. The van der Waals surface area contributed by atoms with Crippen molar-refractivity contribution in [1.29, 1.82) is 10.8 Å². The SMILES string of the molecule is COC(=N)/C(=C\C(=N)Cl)C(C)N=CC(=CN)NC(=O)C(NC(=O)OCc1ccccc1)C(C1CC1)C1CC1. The molecular formula is C27H35ClN6O4. The molecule has 0 aromatic heterocycles. The van der Waals surface area contributed by atoms with E-state index >= 15 is 0 Å². The van der Waals surface area contributed by atoms with Gasteiger partial charge in [-0.15, -0.1) is 0 Å². The van der Waals surface area contributed by atoms with Crippen molar-refractivity contribution in [2.24, 2.45) is 28.5 Å². The van der Waals surface area contributed by atoms with Crippen molar-refractivity contribution in [3.05, 3.63) is 59.4 Å². The third-order valence-electron chi connectivity index (χ3n) is 6.57. The molecular weight excluding hydrogens is 508 g/mol. The second-order valence-electron chi connectivity index (χ2n) is 9.48. The van der Waals surface area contributed by atoms with E-state index in [2.05, 4.69) is 15.6 Å². The summed E-state index contributed by atoms with van der Waals surface area (Å²) in [6, 6.07) is 7.93. The average molecular weight is 543 g/mol. The molecule has 6 N–H and O–H groups in total. The number of aliphatic imine (C=N–C) groups is 1. The molecule has 204 valence electrons. The van der Waals surface area contributed by atoms with E-state index in [0.717, 1.165) is 31.2 Å². The fourth-order valence-corrected chi connectivity index (χ4v) is 4.48. The van der Waals surface area contributed by atoms with Gasteiger partial charge >= 0.3 is 6.09 Å². The van der Waals surface area contributed by atoms with Gasteiger partial charge in [-0.1, -0.05) is 41.9 Å². The number of ether oxygens (including phenoxy) is 2. The third kappa shape index (κ3) is 8.72. The minimum Gasteiger partial charge on any atom is -0.481 e. The van der Waals surface area contributed by atoms with Crippen LogP contribution in [-0.2, 0) is 20.9 Å². The number of hydrogen-bond acceptors (Lipinski definition) is 8. The number of methoxy groups -OCH3 is 1. The van der Waals surface area contributed by atoms with E-state index in [1.165, 1.54) is 25.6 Å². The number of benzene rings is 1. The molecule has 10 nitrogen and oxygen atoms in total. The third-order valence-corrected chi connectivity index (χ3v) is 6.68. The zero-order valence-corrected chi connectivity index (χ0v) is 22.3. The summed E-state index contributed by atoms with van der Waals surface area (Å²) in [5.41, 5.74) is 7.13. The van der Waals surface area contributed by atoms with Crippen LogP contribution in [0.15, 0.2) is 58.9 Å². The number of nitrogens with one attached hydrogen (secondary N) is 4. The number of carbonyl (C=O) groups excluding carboxylic acids is 2. The molecule has 1 aromatic carbocycles. The zero-order chi connectivity index (χ0) is 27.7. The van der Waals surface area contributed by atoms with E-state index in [1.54, 1.807) is 6.92 Å². The van der Waals surface area contributed by atoms with Gasteiger partial charge < -0.3 is 25.8 Å². The Hall–Kier alpha value is -3.66. The van der Waals surface area contributed by atoms with Crippen molar-refractivity contribution in [3.63, 3.8) is 0 Å². The highest BCUT2D eigenvalue weighted by Crippen LogP contribution is 2.50. The molecule has 3 rings (SSSR count). The summed E-state index contributed by atoms with van der Waals surface area (Å²) in [7, 11) is 1.34. The largest absolute Gasteiger partial charge is 0.481 e. The maximum Gasteiger partial charge on any atom is 0.408 e. The number of halogens is 1. The molecule has 0 spiro atoms. The zero-order valence-electron chi connectivity index (χ0n) is 21.6. The predicted octanol–water partition coefficient (Wildman–Crippen LogP) is 3.86. The van der Waals surface area contributed by atoms with Crippen molar-refractivity contribution in [1.82, 2.24) is 10.6 Å². The molecule has 2 amide bonds. The van der Waals surface area contributed by atoms with Crippen molar-refractivity contribution in [3.8, 4) is 0 Å². The molecule has 38 heavy (non-hydrogen) atoms. The van der Waals surface area contributed by atoms with Gasteiger partial charge in [0.25, 0.3) is 0 Å². The van der Waals surface area contributed by atoms with Crippen LogP contribution < -0.4 is 16.4 Å². The van der Waals surface area contributed by atoms with Gasteiger partial charge in [0.05, 0.1) is 18.8 Å². The van der Waals surface area contributed by atoms with E-state index in [1.807, 2.05) is 30.3 Å². The van der Waals surface area contributed by atoms with Crippen LogP contribution in [0.3, 0.4) is 0 Å². The Balaban J connectivity index is 1.70.